The molecule has 0 spiro atoms. The van der Waals surface area contributed by atoms with Crippen molar-refractivity contribution in [3.8, 4) is 0 Å². The van der Waals surface area contributed by atoms with Crippen LogP contribution in [0.15, 0.2) is 40.4 Å². The van der Waals surface area contributed by atoms with Gasteiger partial charge in [0.05, 0.1) is 27.6 Å². The summed E-state index contributed by atoms with van der Waals surface area (Å²) in [5, 5.41) is 0.263. The van der Waals surface area contributed by atoms with Gasteiger partial charge >= 0.3 is 0 Å². The molecule has 148 valence electrons. The number of nitrogens with zero attached hydrogens (tertiary/aromatic N) is 1. The second-order valence-electron chi connectivity index (χ2n) is 7.87. The number of para-hydroxylation sites is 1. The van der Waals surface area contributed by atoms with Crippen LogP contribution in [0.4, 0.5) is 5.69 Å². The zero-order valence-corrected chi connectivity index (χ0v) is 18.7. The third kappa shape index (κ3) is 1.98. The number of amides is 2. The summed E-state index contributed by atoms with van der Waals surface area (Å²) >= 11 is 39.9. The number of imide groups is 1. The zero-order valence-electron chi connectivity index (χ0n) is 14.1. The van der Waals surface area contributed by atoms with Crippen molar-refractivity contribution >= 4 is 87.1 Å². The molecule has 9 heteroatoms. The van der Waals surface area contributed by atoms with Gasteiger partial charge in [-0.15, -0.1) is 23.2 Å². The summed E-state index contributed by atoms with van der Waals surface area (Å²) < 4.78 is -1.64. The molecular weight excluding hydrogens is 487 g/mol. The fourth-order valence-electron chi connectivity index (χ4n) is 5.55. The van der Waals surface area contributed by atoms with Crippen LogP contribution in [-0.2, 0) is 9.59 Å². The van der Waals surface area contributed by atoms with Crippen molar-refractivity contribution in [2.45, 2.75) is 26.9 Å². The van der Waals surface area contributed by atoms with Crippen LogP contribution in [0.3, 0.4) is 0 Å². The molecule has 2 bridgehead atoms. The Bertz CT molecular complexity index is 895. The van der Waals surface area contributed by atoms with E-state index in [0.717, 1.165) is 0 Å². The Morgan fingerprint density at radius 1 is 0.786 bits per heavy atom. The number of anilines is 1. The Kier molecular flexibility index (Phi) is 4.21. The van der Waals surface area contributed by atoms with E-state index in [1.807, 2.05) is 6.07 Å². The van der Waals surface area contributed by atoms with Crippen molar-refractivity contribution in [1.29, 1.82) is 0 Å². The monoisotopic (exact) mass is 497 g/mol. The number of benzene rings is 1. The maximum absolute atomic E-state index is 13.1. The van der Waals surface area contributed by atoms with Crippen LogP contribution in [0, 0.1) is 23.7 Å². The average Bonchev–Trinajstić information content (AvgIpc) is 3.04. The van der Waals surface area contributed by atoms with E-state index < -0.39 is 25.9 Å². The highest BCUT2D eigenvalue weighted by Crippen LogP contribution is 2.79. The van der Waals surface area contributed by atoms with Crippen molar-refractivity contribution in [1.82, 2.24) is 0 Å². The van der Waals surface area contributed by atoms with Crippen molar-refractivity contribution in [3.63, 3.8) is 0 Å². The maximum atomic E-state index is 13.1. The highest BCUT2D eigenvalue weighted by Gasteiger charge is 2.83. The van der Waals surface area contributed by atoms with E-state index in [0.29, 0.717) is 18.5 Å². The zero-order chi connectivity index (χ0) is 20.2. The Hall–Kier alpha value is -0.160. The van der Waals surface area contributed by atoms with Gasteiger partial charge < -0.3 is 0 Å². The van der Waals surface area contributed by atoms with E-state index in [1.54, 1.807) is 24.3 Å². The molecule has 1 aliphatic heterocycles. The predicted molar refractivity (Wildman–Crippen MR) is 112 cm³/mol. The fourth-order valence-corrected chi connectivity index (χ4v) is 8.66. The van der Waals surface area contributed by atoms with E-state index in [2.05, 4.69) is 0 Å². The van der Waals surface area contributed by atoms with Gasteiger partial charge in [-0.25, -0.2) is 0 Å². The van der Waals surface area contributed by atoms with E-state index in [-0.39, 0.29) is 33.7 Å². The summed E-state index contributed by atoms with van der Waals surface area (Å²) in [5.74, 6) is -2.26. The number of carbonyl (C=O) groups excluding carboxylic acids is 2. The van der Waals surface area contributed by atoms with E-state index in [1.165, 1.54) is 4.90 Å². The highest BCUT2D eigenvalue weighted by molar-refractivity contribution is 6.65. The van der Waals surface area contributed by atoms with Gasteiger partial charge in [0.25, 0.3) is 0 Å². The molecule has 4 aliphatic rings. The summed E-state index contributed by atoms with van der Waals surface area (Å²) in [6.07, 6.45) is 0.644. The number of halogens is 6. The molecular formula is C19H13Cl6NO2. The number of hydrogen-bond donors (Lipinski definition) is 0. The molecule has 1 aromatic rings. The molecule has 0 radical (unpaired) electrons. The minimum atomic E-state index is -1.64. The highest BCUT2D eigenvalue weighted by atomic mass is 35.5. The molecule has 1 saturated heterocycles. The number of rotatable bonds is 1. The van der Waals surface area contributed by atoms with Crippen molar-refractivity contribution in [2.24, 2.45) is 23.7 Å². The van der Waals surface area contributed by atoms with E-state index >= 15 is 0 Å². The molecule has 2 saturated carbocycles. The Balaban J connectivity index is 1.58. The van der Waals surface area contributed by atoms with Crippen molar-refractivity contribution < 1.29 is 9.59 Å². The lowest BCUT2D eigenvalue weighted by Gasteiger charge is -2.42. The normalized spacial score (nSPS) is 43.6. The lowest BCUT2D eigenvalue weighted by Crippen LogP contribution is -2.44. The minimum absolute atomic E-state index is 0.132. The number of fused-ring (bicyclic) bond motifs is 6. The Morgan fingerprint density at radius 2 is 1.21 bits per heavy atom. The lowest BCUT2D eigenvalue weighted by molar-refractivity contribution is -0.122. The van der Waals surface area contributed by atoms with Crippen LogP contribution in [0.1, 0.15) is 12.8 Å². The SMILES string of the molecule is O=C1C2CC3C(CC2C(=O)N1c1ccccc1)C1(Cl)C(Cl)=C(Cl)C3(Cl)C1(Cl)Cl. The first-order valence-electron chi connectivity index (χ1n) is 8.83. The summed E-state index contributed by atoms with van der Waals surface area (Å²) in [5.41, 5.74) is 0.555. The first-order chi connectivity index (χ1) is 13.1. The molecule has 6 atom stereocenters. The van der Waals surface area contributed by atoms with Gasteiger partial charge in [-0.3, -0.25) is 14.5 Å². The molecule has 2 amide bonds. The third-order valence-corrected chi connectivity index (χ3v) is 11.2. The topological polar surface area (TPSA) is 37.4 Å². The van der Waals surface area contributed by atoms with Gasteiger partial charge in [0.1, 0.15) is 9.75 Å². The molecule has 6 unspecified atom stereocenters. The van der Waals surface area contributed by atoms with Crippen LogP contribution >= 0.6 is 69.6 Å². The van der Waals surface area contributed by atoms with Crippen LogP contribution in [0.25, 0.3) is 0 Å². The Morgan fingerprint density at radius 3 is 1.64 bits per heavy atom. The van der Waals surface area contributed by atoms with Gasteiger partial charge in [0, 0.05) is 0 Å². The molecule has 3 nitrogen and oxygen atoms in total. The second-order valence-corrected chi connectivity index (χ2v) is 11.1. The molecule has 1 heterocycles. The standard InChI is InChI=1S/C19H13Cl6NO2/c20-13-14(21)18(23)12-7-10-9(6-11(12)17(13,22)19(18,24)25)15(27)26(16(10)28)8-4-2-1-3-5-8/h1-5,9-12H,6-7H2. The largest absolute Gasteiger partial charge is 0.274 e. The summed E-state index contributed by atoms with van der Waals surface area (Å²) in [6, 6.07) is 8.87. The number of alkyl halides is 4. The molecule has 28 heavy (non-hydrogen) atoms. The van der Waals surface area contributed by atoms with E-state index in [9.17, 15) is 9.59 Å². The third-order valence-electron chi connectivity index (χ3n) is 6.84. The number of hydrogen-bond acceptors (Lipinski definition) is 2. The Labute approximate surface area is 191 Å². The molecule has 5 rings (SSSR count). The van der Waals surface area contributed by atoms with E-state index in [4.69, 9.17) is 69.6 Å². The molecule has 3 aliphatic carbocycles. The molecule has 0 N–H and O–H groups in total. The molecule has 3 fully saturated rings. The smallest absolute Gasteiger partial charge is 0.237 e. The number of carbonyl (C=O) groups is 2. The van der Waals surface area contributed by atoms with Crippen LogP contribution in [-0.4, -0.2) is 25.9 Å². The van der Waals surface area contributed by atoms with Gasteiger partial charge in [-0.1, -0.05) is 64.6 Å². The number of allylic oxidation sites excluding steroid dienone is 2. The summed E-state index contributed by atoms with van der Waals surface area (Å²) in [4.78, 5) is 24.7. The molecule has 0 aromatic heterocycles. The van der Waals surface area contributed by atoms with Crippen molar-refractivity contribution in [2.75, 3.05) is 4.90 Å². The average molecular weight is 500 g/mol. The van der Waals surface area contributed by atoms with Crippen LogP contribution < -0.4 is 4.90 Å². The van der Waals surface area contributed by atoms with Gasteiger partial charge in [-0.2, -0.15) is 0 Å². The second kappa shape index (κ2) is 5.96. The predicted octanol–water partition coefficient (Wildman–Crippen LogP) is 5.66. The van der Waals surface area contributed by atoms with Crippen LogP contribution in [0.5, 0.6) is 0 Å². The lowest BCUT2D eigenvalue weighted by atomic mass is 9.65. The molecule has 1 aromatic carbocycles. The van der Waals surface area contributed by atoms with Crippen LogP contribution in [0.2, 0.25) is 0 Å². The fraction of sp³-hybridized carbons (Fsp3) is 0.474. The first kappa shape index (κ1) is 19.8. The van der Waals surface area contributed by atoms with Gasteiger partial charge in [0.2, 0.25) is 11.8 Å². The maximum Gasteiger partial charge on any atom is 0.237 e. The summed E-state index contributed by atoms with van der Waals surface area (Å²) in [7, 11) is 0. The quantitative estimate of drug-likeness (QED) is 0.369. The van der Waals surface area contributed by atoms with Crippen molar-refractivity contribution in [3.05, 3.63) is 40.4 Å². The first-order valence-corrected chi connectivity index (χ1v) is 11.1. The summed E-state index contributed by atoms with van der Waals surface area (Å²) in [6.45, 7) is 0. The minimum Gasteiger partial charge on any atom is -0.274 e. The van der Waals surface area contributed by atoms with Gasteiger partial charge in [0.15, 0.2) is 4.33 Å². The van der Waals surface area contributed by atoms with Gasteiger partial charge in [-0.05, 0) is 36.8 Å².